The Bertz CT molecular complexity index is 2870. The molecule has 0 unspecified atom stereocenters. The number of para-hydroxylation sites is 1. The van der Waals surface area contributed by atoms with Gasteiger partial charge in [-0.1, -0.05) is 121 Å². The van der Waals surface area contributed by atoms with Crippen molar-refractivity contribution in [2.24, 2.45) is 0 Å². The summed E-state index contributed by atoms with van der Waals surface area (Å²) < 4.78 is 44.4. The van der Waals surface area contributed by atoms with E-state index in [4.69, 9.17) is 15.0 Å². The third-order valence-corrected chi connectivity index (χ3v) is 9.69. The molecule has 55 heavy (non-hydrogen) atoms. The molecule has 0 N–H and O–H groups in total. The van der Waals surface area contributed by atoms with E-state index < -0.39 is 11.7 Å². The summed E-state index contributed by atoms with van der Waals surface area (Å²) >= 11 is 0. The standard InChI is InChI=1S/C47H28F3N5/c48-47(49,50)37-18-10-17-35(26-37)38-23-21-36(46-53-44(31-12-3-1-4-13-31)52-45(54-46)32-14-5-2-6-15-32)28-43(38)55-41-20-8-7-19-39(41)40-27-34(22-24-42(40)55)33-16-9-11-30(25-33)29-51/h1-28H. The highest BCUT2D eigenvalue weighted by Crippen LogP contribution is 2.41. The van der Waals surface area contributed by atoms with Crippen LogP contribution in [0.2, 0.25) is 0 Å². The highest BCUT2D eigenvalue weighted by molar-refractivity contribution is 6.11. The molecule has 0 saturated heterocycles. The molecule has 0 bridgehead atoms. The first kappa shape index (κ1) is 33.5. The number of benzene rings is 7. The van der Waals surface area contributed by atoms with Crippen LogP contribution in [0.1, 0.15) is 11.1 Å². The van der Waals surface area contributed by atoms with Gasteiger partial charge in [0.1, 0.15) is 0 Å². The van der Waals surface area contributed by atoms with Crippen molar-refractivity contribution < 1.29 is 13.2 Å². The van der Waals surface area contributed by atoms with Crippen molar-refractivity contribution in [2.45, 2.75) is 6.18 Å². The first-order valence-electron chi connectivity index (χ1n) is 17.6. The zero-order chi connectivity index (χ0) is 37.5. The number of fused-ring (bicyclic) bond motifs is 3. The van der Waals surface area contributed by atoms with E-state index in [9.17, 15) is 18.4 Å². The molecule has 2 heterocycles. The van der Waals surface area contributed by atoms with Crippen LogP contribution in [0, 0.1) is 11.3 Å². The van der Waals surface area contributed by atoms with Crippen LogP contribution in [0.3, 0.4) is 0 Å². The largest absolute Gasteiger partial charge is 0.416 e. The monoisotopic (exact) mass is 719 g/mol. The van der Waals surface area contributed by atoms with Crippen LogP contribution < -0.4 is 0 Å². The fraction of sp³-hybridized carbons (Fsp3) is 0.0213. The Morgan fingerprint density at radius 2 is 1.02 bits per heavy atom. The first-order chi connectivity index (χ1) is 26.8. The summed E-state index contributed by atoms with van der Waals surface area (Å²) in [6, 6.07) is 54.2. The SMILES string of the molecule is N#Cc1cccc(-c2ccc3c(c2)c2ccccc2n3-c2cc(-c3nc(-c4ccccc4)nc(-c4ccccc4)n3)ccc2-c2cccc(C(F)(F)F)c2)c1. The number of hydrogen-bond acceptors (Lipinski definition) is 4. The Labute approximate surface area is 314 Å². The van der Waals surface area contributed by atoms with Gasteiger partial charge in [0.2, 0.25) is 0 Å². The van der Waals surface area contributed by atoms with E-state index in [0.717, 1.165) is 50.1 Å². The predicted octanol–water partition coefficient (Wildman–Crippen LogP) is 12.2. The van der Waals surface area contributed by atoms with Gasteiger partial charge in [0, 0.05) is 33.0 Å². The molecule has 0 spiro atoms. The van der Waals surface area contributed by atoms with E-state index >= 15 is 0 Å². The third-order valence-electron chi connectivity index (χ3n) is 9.69. The molecular weight excluding hydrogens is 692 g/mol. The zero-order valence-corrected chi connectivity index (χ0v) is 29.0. The van der Waals surface area contributed by atoms with Gasteiger partial charge in [-0.25, -0.2) is 15.0 Å². The number of alkyl halides is 3. The molecule has 0 saturated carbocycles. The molecule has 7 aromatic carbocycles. The fourth-order valence-electron chi connectivity index (χ4n) is 7.08. The number of hydrogen-bond donors (Lipinski definition) is 0. The van der Waals surface area contributed by atoms with E-state index in [1.807, 2.05) is 133 Å². The molecule has 8 heteroatoms. The maximum Gasteiger partial charge on any atom is 0.416 e. The third kappa shape index (κ3) is 6.28. The summed E-state index contributed by atoms with van der Waals surface area (Å²) in [5.41, 5.74) is 7.38. The number of nitriles is 1. The molecule has 2 aromatic heterocycles. The van der Waals surface area contributed by atoms with Gasteiger partial charge in [0.05, 0.1) is 33.9 Å². The first-order valence-corrected chi connectivity index (χ1v) is 17.6. The summed E-state index contributed by atoms with van der Waals surface area (Å²) in [6.07, 6.45) is -4.52. The lowest BCUT2D eigenvalue weighted by atomic mass is 9.98. The Hall–Kier alpha value is -7.37. The Kier molecular flexibility index (Phi) is 8.25. The average molecular weight is 720 g/mol. The van der Waals surface area contributed by atoms with E-state index in [0.29, 0.717) is 45.4 Å². The molecule has 9 aromatic rings. The Morgan fingerprint density at radius 1 is 0.455 bits per heavy atom. The van der Waals surface area contributed by atoms with Crippen LogP contribution in [-0.4, -0.2) is 19.5 Å². The van der Waals surface area contributed by atoms with Crippen LogP contribution in [0.4, 0.5) is 13.2 Å². The predicted molar refractivity (Wildman–Crippen MR) is 211 cm³/mol. The molecule has 0 radical (unpaired) electrons. The van der Waals surface area contributed by atoms with Crippen LogP contribution >= 0.6 is 0 Å². The minimum atomic E-state index is -4.52. The second-order valence-electron chi connectivity index (χ2n) is 13.1. The molecular formula is C47H28F3N5. The van der Waals surface area contributed by atoms with Crippen LogP contribution in [0.15, 0.2) is 170 Å². The highest BCUT2D eigenvalue weighted by atomic mass is 19.4. The van der Waals surface area contributed by atoms with Crippen molar-refractivity contribution in [3.8, 4) is 68.2 Å². The Balaban J connectivity index is 1.31. The van der Waals surface area contributed by atoms with Gasteiger partial charge in [0.25, 0.3) is 0 Å². The van der Waals surface area contributed by atoms with E-state index in [1.165, 1.54) is 12.1 Å². The molecule has 0 amide bonds. The number of nitrogens with zero attached hydrogens (tertiary/aromatic N) is 5. The molecule has 0 aliphatic carbocycles. The number of rotatable bonds is 6. The van der Waals surface area contributed by atoms with Crippen molar-refractivity contribution in [3.05, 3.63) is 181 Å². The second-order valence-corrected chi connectivity index (χ2v) is 13.1. The maximum absolute atomic E-state index is 14.1. The summed E-state index contributed by atoms with van der Waals surface area (Å²) in [7, 11) is 0. The fourth-order valence-corrected chi connectivity index (χ4v) is 7.08. The molecule has 0 atom stereocenters. The highest BCUT2D eigenvalue weighted by Gasteiger charge is 2.31. The van der Waals surface area contributed by atoms with Gasteiger partial charge >= 0.3 is 6.18 Å². The average Bonchev–Trinajstić information content (AvgIpc) is 3.57. The smallest absolute Gasteiger partial charge is 0.309 e. The topological polar surface area (TPSA) is 67.4 Å². The lowest BCUT2D eigenvalue weighted by molar-refractivity contribution is -0.137. The maximum atomic E-state index is 14.1. The van der Waals surface area contributed by atoms with Crippen molar-refractivity contribution in [2.75, 3.05) is 0 Å². The summed E-state index contributed by atoms with van der Waals surface area (Å²) in [5, 5.41) is 11.5. The van der Waals surface area contributed by atoms with Crippen LogP contribution in [0.5, 0.6) is 0 Å². The quantitative estimate of drug-likeness (QED) is 0.172. The van der Waals surface area contributed by atoms with Gasteiger partial charge in [-0.15, -0.1) is 0 Å². The molecule has 9 rings (SSSR count). The van der Waals surface area contributed by atoms with E-state index in [1.54, 1.807) is 12.1 Å². The van der Waals surface area contributed by atoms with Gasteiger partial charge in [-0.2, -0.15) is 18.4 Å². The van der Waals surface area contributed by atoms with Crippen LogP contribution in [-0.2, 0) is 6.18 Å². The van der Waals surface area contributed by atoms with Crippen molar-refractivity contribution in [3.63, 3.8) is 0 Å². The number of halogens is 3. The van der Waals surface area contributed by atoms with Crippen molar-refractivity contribution in [1.29, 1.82) is 5.26 Å². The molecule has 262 valence electrons. The molecule has 0 aliphatic heterocycles. The molecule has 5 nitrogen and oxygen atoms in total. The van der Waals surface area contributed by atoms with Crippen LogP contribution in [0.25, 0.3) is 83.9 Å². The van der Waals surface area contributed by atoms with Crippen molar-refractivity contribution in [1.82, 2.24) is 19.5 Å². The Morgan fingerprint density at radius 3 is 1.71 bits per heavy atom. The van der Waals surface area contributed by atoms with Gasteiger partial charge in [0.15, 0.2) is 17.5 Å². The zero-order valence-electron chi connectivity index (χ0n) is 29.0. The normalized spacial score (nSPS) is 11.5. The summed E-state index contributed by atoms with van der Waals surface area (Å²) in [4.78, 5) is 14.7. The minimum Gasteiger partial charge on any atom is -0.309 e. The van der Waals surface area contributed by atoms with Gasteiger partial charge in [-0.3, -0.25) is 0 Å². The van der Waals surface area contributed by atoms with Crippen molar-refractivity contribution >= 4 is 21.8 Å². The van der Waals surface area contributed by atoms with E-state index in [-0.39, 0.29) is 0 Å². The van der Waals surface area contributed by atoms with E-state index in [2.05, 4.69) is 16.7 Å². The summed E-state index contributed by atoms with van der Waals surface area (Å²) in [5.74, 6) is 1.42. The molecule has 0 aliphatic rings. The second kappa shape index (κ2) is 13.6. The van der Waals surface area contributed by atoms with Gasteiger partial charge < -0.3 is 4.57 Å². The minimum absolute atomic E-state index is 0.415. The summed E-state index contributed by atoms with van der Waals surface area (Å²) in [6.45, 7) is 0. The number of aromatic nitrogens is 4. The van der Waals surface area contributed by atoms with Gasteiger partial charge in [-0.05, 0) is 65.2 Å². The molecule has 0 fully saturated rings. The lowest BCUT2D eigenvalue weighted by Gasteiger charge is -2.17. The lowest BCUT2D eigenvalue weighted by Crippen LogP contribution is -2.05.